The number of hydrogen-bond acceptors (Lipinski definition) is 5. The Bertz CT molecular complexity index is 788. The van der Waals surface area contributed by atoms with Crippen LogP contribution in [0, 0.1) is 0 Å². The van der Waals surface area contributed by atoms with E-state index in [0.29, 0.717) is 0 Å². The number of anilines is 1. The van der Waals surface area contributed by atoms with E-state index in [1.807, 2.05) is 12.1 Å². The molecule has 0 unspecified atom stereocenters. The fraction of sp³-hybridized carbons (Fsp3) is 0.353. The largest absolute Gasteiger partial charge is 0.497 e. The molecule has 1 aliphatic heterocycles. The Morgan fingerprint density at radius 3 is 2.70 bits per heavy atom. The second-order valence-corrected chi connectivity index (χ2v) is 6.48. The molecule has 0 aliphatic carbocycles. The number of nitrogens with zero attached hydrogens (tertiary/aromatic N) is 3. The van der Waals surface area contributed by atoms with Crippen LogP contribution in [0.25, 0.3) is 10.2 Å². The zero-order valence-electron chi connectivity index (χ0n) is 13.1. The van der Waals surface area contributed by atoms with E-state index in [-0.39, 0.29) is 0 Å². The molecule has 3 aromatic rings. The average Bonchev–Trinajstić information content (AvgIpc) is 3.20. The van der Waals surface area contributed by atoms with Gasteiger partial charge >= 0.3 is 0 Å². The summed E-state index contributed by atoms with van der Waals surface area (Å²) in [6.45, 7) is 4.14. The molecule has 6 heteroatoms. The molecule has 23 heavy (non-hydrogen) atoms. The van der Waals surface area contributed by atoms with Gasteiger partial charge in [0.25, 0.3) is 0 Å². The molecular formula is C17H19N3O2S. The van der Waals surface area contributed by atoms with Crippen LogP contribution in [0.15, 0.2) is 35.7 Å². The van der Waals surface area contributed by atoms with Crippen molar-refractivity contribution >= 4 is 27.4 Å². The van der Waals surface area contributed by atoms with E-state index in [9.17, 15) is 0 Å². The van der Waals surface area contributed by atoms with Gasteiger partial charge in [0.05, 0.1) is 37.1 Å². The fourth-order valence-electron chi connectivity index (χ4n) is 2.89. The van der Waals surface area contributed by atoms with Crippen LogP contribution in [0.4, 0.5) is 5.82 Å². The number of aromatic nitrogens is 2. The zero-order valence-corrected chi connectivity index (χ0v) is 13.9. The van der Waals surface area contributed by atoms with Gasteiger partial charge in [0.1, 0.15) is 5.75 Å². The van der Waals surface area contributed by atoms with E-state index in [1.54, 1.807) is 18.4 Å². The smallest absolute Gasteiger partial charge is 0.168 e. The van der Waals surface area contributed by atoms with Crippen molar-refractivity contribution in [2.24, 2.45) is 0 Å². The summed E-state index contributed by atoms with van der Waals surface area (Å²) >= 11 is 1.76. The van der Waals surface area contributed by atoms with Gasteiger partial charge in [-0.15, -0.1) is 11.3 Å². The molecule has 1 fully saturated rings. The SMILES string of the molecule is COc1ccc(Cn2nc(N3CCOCC3)c3sccc32)cc1. The monoisotopic (exact) mass is 329 g/mol. The summed E-state index contributed by atoms with van der Waals surface area (Å²) in [5, 5.41) is 7.02. The van der Waals surface area contributed by atoms with Crippen molar-refractivity contribution in [3.8, 4) is 5.75 Å². The van der Waals surface area contributed by atoms with Crippen LogP contribution in [0.2, 0.25) is 0 Å². The highest BCUT2D eigenvalue weighted by Crippen LogP contribution is 2.32. The van der Waals surface area contributed by atoms with Gasteiger partial charge in [-0.05, 0) is 29.1 Å². The van der Waals surface area contributed by atoms with E-state index < -0.39 is 0 Å². The zero-order chi connectivity index (χ0) is 15.6. The van der Waals surface area contributed by atoms with Crippen molar-refractivity contribution < 1.29 is 9.47 Å². The summed E-state index contributed by atoms with van der Waals surface area (Å²) in [7, 11) is 1.69. The molecule has 0 N–H and O–H groups in total. The lowest BCUT2D eigenvalue weighted by Gasteiger charge is -2.26. The quantitative estimate of drug-likeness (QED) is 0.738. The first-order chi connectivity index (χ1) is 11.3. The molecule has 120 valence electrons. The first kappa shape index (κ1) is 14.5. The molecule has 2 aromatic heterocycles. The van der Waals surface area contributed by atoms with Gasteiger partial charge in [0, 0.05) is 13.1 Å². The lowest BCUT2D eigenvalue weighted by molar-refractivity contribution is 0.122. The average molecular weight is 329 g/mol. The highest BCUT2D eigenvalue weighted by atomic mass is 32.1. The molecule has 0 radical (unpaired) electrons. The minimum Gasteiger partial charge on any atom is -0.497 e. The number of benzene rings is 1. The van der Waals surface area contributed by atoms with Crippen LogP contribution in [0.1, 0.15) is 5.56 Å². The van der Waals surface area contributed by atoms with Crippen molar-refractivity contribution in [2.75, 3.05) is 38.3 Å². The number of thiophene rings is 1. The topological polar surface area (TPSA) is 39.5 Å². The summed E-state index contributed by atoms with van der Waals surface area (Å²) < 4.78 is 14.0. The third kappa shape index (κ3) is 2.80. The number of methoxy groups -OCH3 is 1. The van der Waals surface area contributed by atoms with Crippen LogP contribution in [0.5, 0.6) is 5.75 Å². The van der Waals surface area contributed by atoms with E-state index in [4.69, 9.17) is 14.6 Å². The Labute approximate surface area is 139 Å². The van der Waals surface area contributed by atoms with Crippen LogP contribution in [0.3, 0.4) is 0 Å². The molecule has 3 heterocycles. The summed E-state index contributed by atoms with van der Waals surface area (Å²) in [6.07, 6.45) is 0. The predicted octanol–water partition coefficient (Wildman–Crippen LogP) is 2.99. The molecule has 1 aromatic carbocycles. The normalized spacial score (nSPS) is 15.3. The molecule has 1 aliphatic rings. The van der Waals surface area contributed by atoms with Gasteiger partial charge in [-0.1, -0.05) is 12.1 Å². The third-order valence-corrected chi connectivity index (χ3v) is 5.04. The maximum absolute atomic E-state index is 5.45. The number of rotatable bonds is 4. The molecule has 0 bridgehead atoms. The summed E-state index contributed by atoms with van der Waals surface area (Å²) in [5.74, 6) is 1.97. The molecule has 4 rings (SSSR count). The minimum absolute atomic E-state index is 0.765. The number of hydrogen-bond donors (Lipinski definition) is 0. The maximum atomic E-state index is 5.45. The first-order valence-corrected chi connectivity index (χ1v) is 8.63. The van der Waals surface area contributed by atoms with Gasteiger partial charge in [-0.3, -0.25) is 4.68 Å². The highest BCUT2D eigenvalue weighted by Gasteiger charge is 2.20. The van der Waals surface area contributed by atoms with Crippen molar-refractivity contribution in [2.45, 2.75) is 6.54 Å². The summed E-state index contributed by atoms with van der Waals surface area (Å²) in [6, 6.07) is 10.3. The minimum atomic E-state index is 0.765. The fourth-order valence-corrected chi connectivity index (χ4v) is 3.80. The van der Waals surface area contributed by atoms with Crippen LogP contribution in [-0.2, 0) is 11.3 Å². The maximum Gasteiger partial charge on any atom is 0.168 e. The Morgan fingerprint density at radius 2 is 1.96 bits per heavy atom. The third-order valence-electron chi connectivity index (χ3n) is 4.14. The number of ether oxygens (including phenoxy) is 2. The molecule has 0 amide bonds. The molecule has 0 saturated carbocycles. The Balaban J connectivity index is 1.65. The van der Waals surface area contributed by atoms with Gasteiger partial charge in [0.15, 0.2) is 5.82 Å². The van der Waals surface area contributed by atoms with Crippen molar-refractivity contribution in [3.05, 3.63) is 41.3 Å². The van der Waals surface area contributed by atoms with E-state index in [2.05, 4.69) is 33.2 Å². The van der Waals surface area contributed by atoms with E-state index in [0.717, 1.165) is 44.4 Å². The Hall–Kier alpha value is -2.05. The lowest BCUT2D eigenvalue weighted by atomic mass is 10.2. The number of morpholine rings is 1. The van der Waals surface area contributed by atoms with Crippen molar-refractivity contribution in [1.29, 1.82) is 0 Å². The van der Waals surface area contributed by atoms with Crippen LogP contribution < -0.4 is 9.64 Å². The standard InChI is InChI=1S/C17H19N3O2S/c1-21-14-4-2-13(3-5-14)12-20-15-6-11-23-16(15)17(18-20)19-7-9-22-10-8-19/h2-6,11H,7-10,12H2,1H3. The second-order valence-electron chi connectivity index (χ2n) is 5.56. The number of fused-ring (bicyclic) bond motifs is 1. The molecule has 5 nitrogen and oxygen atoms in total. The summed E-state index contributed by atoms with van der Waals surface area (Å²) in [5.41, 5.74) is 2.42. The van der Waals surface area contributed by atoms with Crippen molar-refractivity contribution in [3.63, 3.8) is 0 Å². The highest BCUT2D eigenvalue weighted by molar-refractivity contribution is 7.17. The van der Waals surface area contributed by atoms with Gasteiger partial charge in [-0.2, -0.15) is 5.10 Å². The molecule has 0 spiro atoms. The van der Waals surface area contributed by atoms with Gasteiger partial charge in [0.2, 0.25) is 0 Å². The van der Waals surface area contributed by atoms with E-state index >= 15 is 0 Å². The Kier molecular flexibility index (Phi) is 3.93. The Morgan fingerprint density at radius 1 is 1.17 bits per heavy atom. The van der Waals surface area contributed by atoms with Gasteiger partial charge in [-0.25, -0.2) is 0 Å². The van der Waals surface area contributed by atoms with Crippen molar-refractivity contribution in [1.82, 2.24) is 9.78 Å². The lowest BCUT2D eigenvalue weighted by Crippen LogP contribution is -2.36. The summed E-state index contributed by atoms with van der Waals surface area (Å²) in [4.78, 5) is 2.33. The van der Waals surface area contributed by atoms with E-state index in [1.165, 1.54) is 15.8 Å². The van der Waals surface area contributed by atoms with Crippen LogP contribution >= 0.6 is 11.3 Å². The second kappa shape index (κ2) is 6.22. The predicted molar refractivity (Wildman–Crippen MR) is 92.7 cm³/mol. The molecule has 0 atom stereocenters. The molecular weight excluding hydrogens is 310 g/mol. The molecule has 1 saturated heterocycles. The van der Waals surface area contributed by atoms with Crippen LogP contribution in [-0.4, -0.2) is 43.2 Å². The van der Waals surface area contributed by atoms with Gasteiger partial charge < -0.3 is 14.4 Å². The first-order valence-electron chi connectivity index (χ1n) is 7.75.